The lowest BCUT2D eigenvalue weighted by molar-refractivity contribution is 0.115. The molecule has 1 aliphatic rings. The average Bonchev–Trinajstić information content (AvgIpc) is 2.43. The second-order valence-electron chi connectivity index (χ2n) is 6.09. The number of piperidine rings is 1. The van der Waals surface area contributed by atoms with E-state index in [-0.39, 0.29) is 12.1 Å². The number of halogens is 1. The standard InChI is InChI=1S/C17H27ClN2/c1-3-6-14-9-11-20(12-10-14)17(13(2)19)15-7-4-5-8-16(15)18/h4-5,7-8,13-14,17H,3,6,9-12,19H2,1-2H3. The van der Waals surface area contributed by atoms with E-state index >= 15 is 0 Å². The molecule has 0 radical (unpaired) electrons. The summed E-state index contributed by atoms with van der Waals surface area (Å²) in [5, 5.41) is 0.838. The number of nitrogens with zero attached hydrogens (tertiary/aromatic N) is 1. The number of benzene rings is 1. The second kappa shape index (κ2) is 7.44. The largest absolute Gasteiger partial charge is 0.326 e. The third-order valence-electron chi connectivity index (χ3n) is 4.46. The van der Waals surface area contributed by atoms with Gasteiger partial charge in [0.05, 0.1) is 6.04 Å². The Labute approximate surface area is 128 Å². The van der Waals surface area contributed by atoms with Crippen LogP contribution in [0.25, 0.3) is 0 Å². The monoisotopic (exact) mass is 294 g/mol. The summed E-state index contributed by atoms with van der Waals surface area (Å²) in [4.78, 5) is 2.53. The van der Waals surface area contributed by atoms with Crippen molar-refractivity contribution >= 4 is 11.6 Å². The summed E-state index contributed by atoms with van der Waals surface area (Å²) in [6.07, 6.45) is 5.25. The van der Waals surface area contributed by atoms with Crippen LogP contribution in [0, 0.1) is 5.92 Å². The van der Waals surface area contributed by atoms with E-state index in [2.05, 4.69) is 30.9 Å². The van der Waals surface area contributed by atoms with Gasteiger partial charge in [-0.05, 0) is 50.4 Å². The van der Waals surface area contributed by atoms with Gasteiger partial charge in [0.2, 0.25) is 0 Å². The molecule has 0 aromatic heterocycles. The first-order valence-corrected chi connectivity index (χ1v) is 8.25. The van der Waals surface area contributed by atoms with Crippen LogP contribution < -0.4 is 5.73 Å². The minimum atomic E-state index is 0.0950. The van der Waals surface area contributed by atoms with Gasteiger partial charge in [0.1, 0.15) is 0 Å². The molecule has 0 spiro atoms. The number of hydrogen-bond donors (Lipinski definition) is 1. The number of likely N-dealkylation sites (tertiary alicyclic amines) is 1. The predicted octanol–water partition coefficient (Wildman–Crippen LogP) is 4.24. The van der Waals surface area contributed by atoms with Crippen molar-refractivity contribution in [3.8, 4) is 0 Å². The summed E-state index contributed by atoms with van der Waals surface area (Å²) in [6, 6.07) is 8.46. The molecular weight excluding hydrogens is 268 g/mol. The van der Waals surface area contributed by atoms with Crippen LogP contribution in [-0.2, 0) is 0 Å². The minimum Gasteiger partial charge on any atom is -0.326 e. The van der Waals surface area contributed by atoms with Gasteiger partial charge in [-0.25, -0.2) is 0 Å². The van der Waals surface area contributed by atoms with Crippen molar-refractivity contribution in [3.05, 3.63) is 34.9 Å². The van der Waals surface area contributed by atoms with E-state index in [1.807, 2.05) is 12.1 Å². The Morgan fingerprint density at radius 2 is 1.95 bits per heavy atom. The first-order chi connectivity index (χ1) is 9.63. The van der Waals surface area contributed by atoms with E-state index in [0.717, 1.165) is 24.0 Å². The highest BCUT2D eigenvalue weighted by Gasteiger charge is 2.29. The third kappa shape index (κ3) is 3.75. The molecule has 2 atom stereocenters. The van der Waals surface area contributed by atoms with E-state index in [1.165, 1.54) is 31.2 Å². The first kappa shape index (κ1) is 15.8. The van der Waals surface area contributed by atoms with Gasteiger partial charge in [-0.2, -0.15) is 0 Å². The molecule has 0 amide bonds. The molecule has 0 bridgehead atoms. The first-order valence-electron chi connectivity index (χ1n) is 7.87. The van der Waals surface area contributed by atoms with Crippen molar-refractivity contribution < 1.29 is 0 Å². The Bertz CT molecular complexity index is 411. The topological polar surface area (TPSA) is 29.3 Å². The summed E-state index contributed by atoms with van der Waals surface area (Å²) in [5.74, 6) is 0.899. The lowest BCUT2D eigenvalue weighted by Gasteiger charge is -2.40. The van der Waals surface area contributed by atoms with E-state index in [9.17, 15) is 0 Å². The smallest absolute Gasteiger partial charge is 0.0511 e. The molecule has 1 aromatic carbocycles. The second-order valence-corrected chi connectivity index (χ2v) is 6.50. The Kier molecular flexibility index (Phi) is 5.88. The van der Waals surface area contributed by atoms with Crippen molar-refractivity contribution in [2.24, 2.45) is 11.7 Å². The van der Waals surface area contributed by atoms with Gasteiger partial charge in [-0.15, -0.1) is 0 Å². The van der Waals surface area contributed by atoms with Crippen molar-refractivity contribution in [1.82, 2.24) is 4.90 Å². The molecule has 2 N–H and O–H groups in total. The molecule has 2 nitrogen and oxygen atoms in total. The molecule has 112 valence electrons. The van der Waals surface area contributed by atoms with Crippen LogP contribution in [0.4, 0.5) is 0 Å². The molecule has 3 heteroatoms. The maximum atomic E-state index is 6.38. The highest BCUT2D eigenvalue weighted by Crippen LogP contribution is 2.33. The Balaban J connectivity index is 2.09. The lowest BCUT2D eigenvalue weighted by atomic mass is 9.89. The van der Waals surface area contributed by atoms with E-state index in [1.54, 1.807) is 0 Å². The maximum Gasteiger partial charge on any atom is 0.0511 e. The van der Waals surface area contributed by atoms with Crippen molar-refractivity contribution in [2.45, 2.75) is 51.6 Å². The van der Waals surface area contributed by atoms with Crippen LogP contribution in [0.3, 0.4) is 0 Å². The molecule has 0 aliphatic carbocycles. The van der Waals surface area contributed by atoms with Gasteiger partial charge in [0, 0.05) is 11.1 Å². The molecule has 1 aromatic rings. The predicted molar refractivity (Wildman–Crippen MR) is 87.0 cm³/mol. The van der Waals surface area contributed by atoms with Gasteiger partial charge >= 0.3 is 0 Å². The normalized spacial score (nSPS) is 20.8. The third-order valence-corrected chi connectivity index (χ3v) is 4.81. The van der Waals surface area contributed by atoms with Crippen LogP contribution in [0.1, 0.15) is 51.1 Å². The van der Waals surface area contributed by atoms with Crippen molar-refractivity contribution in [1.29, 1.82) is 0 Å². The van der Waals surface area contributed by atoms with E-state index in [4.69, 9.17) is 17.3 Å². The molecule has 2 rings (SSSR count). The summed E-state index contributed by atoms with van der Waals surface area (Å²) in [6.45, 7) is 6.65. The van der Waals surface area contributed by atoms with Gasteiger partial charge in [-0.3, -0.25) is 4.90 Å². The van der Waals surface area contributed by atoms with Gasteiger partial charge in [0.25, 0.3) is 0 Å². The Hall–Kier alpha value is -0.570. The molecule has 1 heterocycles. The number of rotatable bonds is 5. The maximum absolute atomic E-state index is 6.38. The molecular formula is C17H27ClN2. The zero-order chi connectivity index (χ0) is 14.5. The zero-order valence-electron chi connectivity index (χ0n) is 12.7. The lowest BCUT2D eigenvalue weighted by Crippen LogP contribution is -2.43. The zero-order valence-corrected chi connectivity index (χ0v) is 13.4. The average molecular weight is 295 g/mol. The van der Waals surface area contributed by atoms with Crippen LogP contribution in [-0.4, -0.2) is 24.0 Å². The fourth-order valence-corrected chi connectivity index (χ4v) is 3.70. The van der Waals surface area contributed by atoms with E-state index in [0.29, 0.717) is 0 Å². The molecule has 1 fully saturated rings. The quantitative estimate of drug-likeness (QED) is 0.880. The van der Waals surface area contributed by atoms with Gasteiger partial charge < -0.3 is 5.73 Å². The van der Waals surface area contributed by atoms with Crippen LogP contribution in [0.2, 0.25) is 5.02 Å². The molecule has 1 saturated heterocycles. The van der Waals surface area contributed by atoms with Gasteiger partial charge in [0.15, 0.2) is 0 Å². The summed E-state index contributed by atoms with van der Waals surface area (Å²) in [7, 11) is 0. The fourth-order valence-electron chi connectivity index (χ4n) is 3.46. The Morgan fingerprint density at radius 3 is 2.50 bits per heavy atom. The fraction of sp³-hybridized carbons (Fsp3) is 0.647. The summed E-state index contributed by atoms with van der Waals surface area (Å²) >= 11 is 6.38. The molecule has 2 unspecified atom stereocenters. The van der Waals surface area contributed by atoms with Crippen LogP contribution in [0.5, 0.6) is 0 Å². The molecule has 0 saturated carbocycles. The highest BCUT2D eigenvalue weighted by molar-refractivity contribution is 6.31. The Morgan fingerprint density at radius 1 is 1.30 bits per heavy atom. The van der Waals surface area contributed by atoms with Crippen LogP contribution >= 0.6 is 11.6 Å². The molecule has 1 aliphatic heterocycles. The van der Waals surface area contributed by atoms with E-state index < -0.39 is 0 Å². The SMILES string of the molecule is CCCC1CCN(C(c2ccccc2Cl)C(C)N)CC1. The molecule has 20 heavy (non-hydrogen) atoms. The number of hydrogen-bond acceptors (Lipinski definition) is 2. The van der Waals surface area contributed by atoms with Crippen molar-refractivity contribution in [2.75, 3.05) is 13.1 Å². The minimum absolute atomic E-state index is 0.0950. The summed E-state index contributed by atoms with van der Waals surface area (Å²) in [5.41, 5.74) is 7.44. The highest BCUT2D eigenvalue weighted by atomic mass is 35.5. The van der Waals surface area contributed by atoms with Gasteiger partial charge in [-0.1, -0.05) is 49.6 Å². The van der Waals surface area contributed by atoms with Crippen molar-refractivity contribution in [3.63, 3.8) is 0 Å². The summed E-state index contributed by atoms with van der Waals surface area (Å²) < 4.78 is 0. The van der Waals surface area contributed by atoms with Crippen LogP contribution in [0.15, 0.2) is 24.3 Å². The number of nitrogens with two attached hydrogens (primary N) is 1.